The summed E-state index contributed by atoms with van der Waals surface area (Å²) >= 11 is 10.1. The number of hydrogen-bond acceptors (Lipinski definition) is 4. The molecule has 0 radical (unpaired) electrons. The van der Waals surface area contributed by atoms with Gasteiger partial charge in [-0.25, -0.2) is 4.79 Å². The molecule has 0 aliphatic carbocycles. The van der Waals surface area contributed by atoms with Gasteiger partial charge in [-0.2, -0.15) is 0 Å². The molecule has 1 aliphatic rings. The van der Waals surface area contributed by atoms with Gasteiger partial charge in [-0.05, 0) is 39.0 Å². The highest BCUT2D eigenvalue weighted by atomic mass is 79.9. The van der Waals surface area contributed by atoms with Gasteiger partial charge in [0.2, 0.25) is 0 Å². The summed E-state index contributed by atoms with van der Waals surface area (Å²) in [6.07, 6.45) is 1.54. The Labute approximate surface area is 161 Å². The lowest BCUT2D eigenvalue weighted by atomic mass is 10.2. The molecule has 0 N–H and O–H groups in total. The predicted molar refractivity (Wildman–Crippen MR) is 104 cm³/mol. The summed E-state index contributed by atoms with van der Waals surface area (Å²) in [4.78, 5) is 20.6. The fourth-order valence-corrected chi connectivity index (χ4v) is 3.48. The molecule has 25 heavy (non-hydrogen) atoms. The van der Waals surface area contributed by atoms with Crippen LogP contribution < -0.4 is 4.90 Å². The van der Waals surface area contributed by atoms with Crippen LogP contribution in [-0.4, -0.2) is 47.8 Å². The first-order valence-electron chi connectivity index (χ1n) is 8.21. The van der Waals surface area contributed by atoms with E-state index in [1.807, 2.05) is 45.2 Å². The number of rotatable bonds is 1. The smallest absolute Gasteiger partial charge is 0.410 e. The van der Waals surface area contributed by atoms with Crippen LogP contribution in [0.3, 0.4) is 0 Å². The van der Waals surface area contributed by atoms with Crippen LogP contribution in [0.2, 0.25) is 5.02 Å². The highest BCUT2D eigenvalue weighted by Gasteiger charge is 2.27. The van der Waals surface area contributed by atoms with Crippen molar-refractivity contribution in [3.8, 4) is 0 Å². The molecule has 0 atom stereocenters. The first-order chi connectivity index (χ1) is 11.7. The van der Waals surface area contributed by atoms with E-state index in [0.717, 1.165) is 21.1 Å². The number of halogens is 2. The summed E-state index contributed by atoms with van der Waals surface area (Å²) in [5, 5.41) is 1.61. The number of benzene rings is 1. The zero-order valence-corrected chi connectivity index (χ0v) is 16.9. The average molecular weight is 427 g/mol. The molecule has 1 saturated heterocycles. The Hall–Kier alpha value is -1.53. The third-order valence-corrected chi connectivity index (χ3v) is 4.91. The second-order valence-corrected chi connectivity index (χ2v) is 8.37. The van der Waals surface area contributed by atoms with E-state index >= 15 is 0 Å². The van der Waals surface area contributed by atoms with Crippen molar-refractivity contribution >= 4 is 50.2 Å². The van der Waals surface area contributed by atoms with Crippen molar-refractivity contribution in [3.63, 3.8) is 0 Å². The summed E-state index contributed by atoms with van der Waals surface area (Å²) in [5.74, 6) is 0. The molecule has 1 aromatic carbocycles. The van der Waals surface area contributed by atoms with E-state index < -0.39 is 5.60 Å². The van der Waals surface area contributed by atoms with Gasteiger partial charge in [-0.1, -0.05) is 27.5 Å². The van der Waals surface area contributed by atoms with Crippen LogP contribution in [0.4, 0.5) is 10.5 Å². The van der Waals surface area contributed by atoms with Gasteiger partial charge >= 0.3 is 6.09 Å². The van der Waals surface area contributed by atoms with E-state index in [9.17, 15) is 4.79 Å². The standard InChI is InChI=1S/C18H21BrClN3O2/c1-18(2,3)25-17(24)23-8-6-22(7-9-23)15-11-21-14-5-4-12(19)10-13(14)16(15)20/h4-5,10-11H,6-9H2,1-3H3. The van der Waals surface area contributed by atoms with Crippen molar-refractivity contribution in [2.24, 2.45) is 0 Å². The summed E-state index contributed by atoms with van der Waals surface area (Å²) < 4.78 is 6.41. The van der Waals surface area contributed by atoms with E-state index in [1.165, 1.54) is 0 Å². The van der Waals surface area contributed by atoms with Crippen molar-refractivity contribution in [2.75, 3.05) is 31.1 Å². The number of ether oxygens (including phenoxy) is 1. The van der Waals surface area contributed by atoms with E-state index in [-0.39, 0.29) is 6.09 Å². The van der Waals surface area contributed by atoms with Gasteiger partial charge in [0.25, 0.3) is 0 Å². The average Bonchev–Trinajstić information content (AvgIpc) is 2.54. The number of hydrogen-bond donors (Lipinski definition) is 0. The van der Waals surface area contributed by atoms with Gasteiger partial charge in [0.05, 0.1) is 22.4 Å². The fraction of sp³-hybridized carbons (Fsp3) is 0.444. The molecule has 3 rings (SSSR count). The Balaban J connectivity index is 1.74. The second kappa shape index (κ2) is 7.00. The topological polar surface area (TPSA) is 45.7 Å². The molecule has 1 fully saturated rings. The van der Waals surface area contributed by atoms with E-state index in [0.29, 0.717) is 31.2 Å². The quantitative estimate of drug-likeness (QED) is 0.662. The van der Waals surface area contributed by atoms with E-state index in [4.69, 9.17) is 16.3 Å². The van der Waals surface area contributed by atoms with Crippen LogP contribution >= 0.6 is 27.5 Å². The van der Waals surface area contributed by atoms with Crippen LogP contribution in [-0.2, 0) is 4.74 Å². The third kappa shape index (κ3) is 4.18. The molecular weight excluding hydrogens is 406 g/mol. The van der Waals surface area contributed by atoms with Gasteiger partial charge in [-0.15, -0.1) is 0 Å². The summed E-state index contributed by atoms with van der Waals surface area (Å²) in [5.41, 5.74) is 1.29. The molecular formula is C18H21BrClN3O2. The molecule has 0 bridgehead atoms. The maximum absolute atomic E-state index is 12.2. The van der Waals surface area contributed by atoms with E-state index in [1.54, 1.807) is 4.90 Å². The molecule has 1 amide bonds. The Morgan fingerprint density at radius 1 is 1.24 bits per heavy atom. The molecule has 0 saturated carbocycles. The number of fused-ring (bicyclic) bond motifs is 1. The first kappa shape index (κ1) is 18.3. The summed E-state index contributed by atoms with van der Waals surface area (Å²) in [6.45, 7) is 8.21. The monoisotopic (exact) mass is 425 g/mol. The van der Waals surface area contributed by atoms with Crippen LogP contribution in [0.25, 0.3) is 10.9 Å². The highest BCUT2D eigenvalue weighted by molar-refractivity contribution is 9.10. The van der Waals surface area contributed by atoms with Crippen molar-refractivity contribution in [2.45, 2.75) is 26.4 Å². The number of anilines is 1. The predicted octanol–water partition coefficient (Wildman–Crippen LogP) is 4.71. The van der Waals surface area contributed by atoms with Crippen LogP contribution in [0, 0.1) is 0 Å². The lowest BCUT2D eigenvalue weighted by Crippen LogP contribution is -2.50. The lowest BCUT2D eigenvalue weighted by molar-refractivity contribution is 0.0240. The van der Waals surface area contributed by atoms with Crippen molar-refractivity contribution < 1.29 is 9.53 Å². The molecule has 2 heterocycles. The number of carbonyl (C=O) groups excluding carboxylic acids is 1. The van der Waals surface area contributed by atoms with Crippen LogP contribution in [0.5, 0.6) is 0 Å². The molecule has 134 valence electrons. The Morgan fingerprint density at radius 3 is 2.56 bits per heavy atom. The minimum absolute atomic E-state index is 0.265. The van der Waals surface area contributed by atoms with Gasteiger partial charge < -0.3 is 14.5 Å². The Kier molecular flexibility index (Phi) is 5.11. The third-order valence-electron chi connectivity index (χ3n) is 4.02. The van der Waals surface area contributed by atoms with Crippen LogP contribution in [0.15, 0.2) is 28.9 Å². The highest BCUT2D eigenvalue weighted by Crippen LogP contribution is 2.34. The van der Waals surface area contributed by atoms with Crippen molar-refractivity contribution in [3.05, 3.63) is 33.9 Å². The normalized spacial score (nSPS) is 15.6. The Morgan fingerprint density at radius 2 is 1.92 bits per heavy atom. The fourth-order valence-electron chi connectivity index (χ4n) is 2.80. The molecule has 7 heteroatoms. The number of aromatic nitrogens is 1. The minimum Gasteiger partial charge on any atom is -0.444 e. The number of carbonyl (C=O) groups is 1. The number of pyridine rings is 1. The maximum atomic E-state index is 12.2. The molecule has 5 nitrogen and oxygen atoms in total. The van der Waals surface area contributed by atoms with Crippen molar-refractivity contribution in [1.29, 1.82) is 0 Å². The zero-order chi connectivity index (χ0) is 18.2. The van der Waals surface area contributed by atoms with Gasteiger partial charge in [0.1, 0.15) is 5.60 Å². The SMILES string of the molecule is CC(C)(C)OC(=O)N1CCN(c2cnc3ccc(Br)cc3c2Cl)CC1. The second-order valence-electron chi connectivity index (χ2n) is 7.07. The minimum atomic E-state index is -0.479. The molecule has 1 aliphatic heterocycles. The molecule has 0 unspecified atom stereocenters. The molecule has 2 aromatic rings. The maximum Gasteiger partial charge on any atom is 0.410 e. The molecule has 0 spiro atoms. The van der Waals surface area contributed by atoms with E-state index in [2.05, 4.69) is 25.8 Å². The Bertz CT molecular complexity index is 799. The summed E-state index contributed by atoms with van der Waals surface area (Å²) in [6, 6.07) is 5.87. The van der Waals surface area contributed by atoms with Crippen molar-refractivity contribution in [1.82, 2.24) is 9.88 Å². The van der Waals surface area contributed by atoms with Gasteiger partial charge in [-0.3, -0.25) is 4.98 Å². The zero-order valence-electron chi connectivity index (χ0n) is 14.6. The molecule has 1 aromatic heterocycles. The first-order valence-corrected chi connectivity index (χ1v) is 9.38. The lowest BCUT2D eigenvalue weighted by Gasteiger charge is -2.37. The van der Waals surface area contributed by atoms with Gasteiger partial charge in [0, 0.05) is 36.0 Å². The van der Waals surface area contributed by atoms with Crippen LogP contribution in [0.1, 0.15) is 20.8 Å². The van der Waals surface area contributed by atoms with Gasteiger partial charge in [0.15, 0.2) is 0 Å². The number of amides is 1. The summed E-state index contributed by atoms with van der Waals surface area (Å²) in [7, 11) is 0. The largest absolute Gasteiger partial charge is 0.444 e. The number of nitrogens with zero attached hydrogens (tertiary/aromatic N) is 3. The number of piperazine rings is 1.